The van der Waals surface area contributed by atoms with E-state index in [0.29, 0.717) is 12.5 Å². The van der Waals surface area contributed by atoms with Crippen LogP contribution in [-0.2, 0) is 37.5 Å². The van der Waals surface area contributed by atoms with Gasteiger partial charge in [-0.05, 0) is 49.8 Å². The minimum absolute atomic E-state index is 0. The molecule has 1 amide bonds. The van der Waals surface area contributed by atoms with E-state index in [1.54, 1.807) is 0 Å². The summed E-state index contributed by atoms with van der Waals surface area (Å²) >= 11 is 0. The van der Waals surface area contributed by atoms with Gasteiger partial charge in [0.1, 0.15) is 0 Å². The van der Waals surface area contributed by atoms with Crippen LogP contribution in [0.15, 0.2) is 42.0 Å². The predicted molar refractivity (Wildman–Crippen MR) is 110 cm³/mol. The molecule has 2 atom stereocenters. The number of allylic oxidation sites excluding steroid dienone is 4. The van der Waals surface area contributed by atoms with Gasteiger partial charge in [0, 0.05) is 50.9 Å². The first-order valence-electron chi connectivity index (χ1n) is 10.5. The molecule has 1 radical (unpaired) electrons. The molecule has 3 nitrogen and oxygen atoms in total. The monoisotopic (exact) mass is 455 g/mol. The summed E-state index contributed by atoms with van der Waals surface area (Å²) in [5.41, 5.74) is 3.38. The first-order valence-corrected chi connectivity index (χ1v) is 10.5. The van der Waals surface area contributed by atoms with Crippen LogP contribution in [0.4, 0.5) is 5.69 Å². The molecule has 149 valence electrons. The normalized spacial score (nSPS) is 19.6. The molecule has 1 fully saturated rings. The Balaban J connectivity index is 0.00000280. The van der Waals surface area contributed by atoms with Crippen LogP contribution in [0.3, 0.4) is 0 Å². The second kappa shape index (κ2) is 12.0. The second-order valence-electron chi connectivity index (χ2n) is 7.82. The molecule has 4 heteroatoms. The number of nitrogens with zero attached hydrogens (tertiary/aromatic N) is 1. The Labute approximate surface area is 195 Å². The molecule has 0 saturated carbocycles. The number of hydrogen-bond acceptors (Lipinski definition) is 2. The molecule has 1 aromatic carbocycles. The molecular weight excluding hydrogens is 423 g/mol. The number of aliphatic hydroxyl groups excluding tert-OH is 1. The average Bonchev–Trinajstić information content (AvgIpc) is 3.32. The summed E-state index contributed by atoms with van der Waals surface area (Å²) in [5, 5.41) is 10.3. The van der Waals surface area contributed by atoms with Crippen LogP contribution in [0.25, 0.3) is 0 Å². The van der Waals surface area contributed by atoms with Gasteiger partial charge in [0.25, 0.3) is 0 Å². The molecule has 1 heterocycles. The molecular formula is C24H32NO2Y-. The Morgan fingerprint density at radius 1 is 1.21 bits per heavy atom. The van der Waals surface area contributed by atoms with E-state index in [0.717, 1.165) is 69.0 Å². The summed E-state index contributed by atoms with van der Waals surface area (Å²) in [6.07, 6.45) is 17.0. The van der Waals surface area contributed by atoms with Crippen molar-refractivity contribution in [2.45, 2.75) is 83.3 Å². The van der Waals surface area contributed by atoms with Crippen LogP contribution in [-0.4, -0.2) is 17.1 Å². The molecule has 2 aliphatic rings. The van der Waals surface area contributed by atoms with E-state index in [9.17, 15) is 9.90 Å². The number of unbranched alkanes of at least 4 members (excludes halogenated alkanes) is 2. The number of rotatable bonds is 10. The maximum Gasteiger partial charge on any atom is 0.227 e. The molecule has 1 aromatic rings. The molecule has 28 heavy (non-hydrogen) atoms. The van der Waals surface area contributed by atoms with E-state index in [2.05, 4.69) is 19.1 Å². The first kappa shape index (κ1) is 23.5. The van der Waals surface area contributed by atoms with Crippen molar-refractivity contribution in [1.82, 2.24) is 0 Å². The molecule has 1 saturated heterocycles. The van der Waals surface area contributed by atoms with Crippen LogP contribution >= 0.6 is 0 Å². The number of amides is 1. The third-order valence-electron chi connectivity index (χ3n) is 5.76. The SMILES string of the molecule is CCCCCC(O)c1ccc(N2C(=O)CC[C@@H]2CCCC2=CC=[C-]C2)cc1.[Y]. The van der Waals surface area contributed by atoms with Crippen LogP contribution in [0.1, 0.15) is 82.8 Å². The fourth-order valence-electron chi connectivity index (χ4n) is 4.15. The zero-order valence-electron chi connectivity index (χ0n) is 17.1. The molecule has 1 N–H and O–H groups in total. The summed E-state index contributed by atoms with van der Waals surface area (Å²) in [4.78, 5) is 14.4. The quantitative estimate of drug-likeness (QED) is 0.366. The number of aliphatic hydroxyl groups is 1. The summed E-state index contributed by atoms with van der Waals surface area (Å²) in [5.74, 6) is 0.228. The summed E-state index contributed by atoms with van der Waals surface area (Å²) in [6, 6.07) is 8.29. The smallest absolute Gasteiger partial charge is 0.227 e. The molecule has 0 spiro atoms. The Hall–Kier alpha value is -0.766. The zero-order chi connectivity index (χ0) is 19.1. The van der Waals surface area contributed by atoms with E-state index in [1.807, 2.05) is 35.2 Å². The summed E-state index contributed by atoms with van der Waals surface area (Å²) in [6.45, 7) is 2.17. The minimum Gasteiger partial charge on any atom is -0.388 e. The molecule has 1 aliphatic carbocycles. The Morgan fingerprint density at radius 3 is 2.68 bits per heavy atom. The fourth-order valence-corrected chi connectivity index (χ4v) is 4.15. The molecule has 1 aliphatic heterocycles. The van der Waals surface area contributed by atoms with E-state index < -0.39 is 6.10 Å². The van der Waals surface area contributed by atoms with Gasteiger partial charge in [-0.1, -0.05) is 38.3 Å². The third-order valence-corrected chi connectivity index (χ3v) is 5.76. The third kappa shape index (κ3) is 6.37. The number of carbonyl (C=O) groups excluding carboxylic acids is 1. The molecule has 0 aromatic heterocycles. The predicted octanol–water partition coefficient (Wildman–Crippen LogP) is 5.65. The van der Waals surface area contributed by atoms with Crippen molar-refractivity contribution in [3.05, 3.63) is 53.6 Å². The second-order valence-corrected chi connectivity index (χ2v) is 7.82. The average molecular weight is 455 g/mol. The topological polar surface area (TPSA) is 40.5 Å². The molecule has 1 unspecified atom stereocenters. The van der Waals surface area contributed by atoms with Crippen molar-refractivity contribution in [3.63, 3.8) is 0 Å². The van der Waals surface area contributed by atoms with Gasteiger partial charge in [-0.25, -0.2) is 12.2 Å². The molecule has 3 rings (SSSR count). The standard InChI is InChI=1S/C24H32NO2.Y/c1-2-3-4-12-23(26)20-13-15-22(16-14-20)25-21(17-18-24(25)27)11-7-10-19-8-5-6-9-19;/h5,8,13-16,21,23,26H,2-4,7,9-12,17-18H2,1H3;/q-1;/t21-,23?;/m0./s1. The zero-order valence-corrected chi connectivity index (χ0v) is 19.9. The van der Waals surface area contributed by atoms with Gasteiger partial charge in [0.2, 0.25) is 5.91 Å². The van der Waals surface area contributed by atoms with Gasteiger partial charge in [-0.15, -0.1) is 6.42 Å². The van der Waals surface area contributed by atoms with Crippen molar-refractivity contribution in [1.29, 1.82) is 0 Å². The van der Waals surface area contributed by atoms with Crippen LogP contribution in [0, 0.1) is 6.08 Å². The van der Waals surface area contributed by atoms with E-state index in [-0.39, 0.29) is 38.6 Å². The maximum atomic E-state index is 12.4. The minimum atomic E-state index is -0.402. The van der Waals surface area contributed by atoms with Gasteiger partial charge < -0.3 is 10.0 Å². The van der Waals surface area contributed by atoms with Crippen LogP contribution < -0.4 is 4.90 Å². The van der Waals surface area contributed by atoms with Crippen molar-refractivity contribution in [2.75, 3.05) is 4.90 Å². The van der Waals surface area contributed by atoms with Crippen molar-refractivity contribution in [3.8, 4) is 0 Å². The van der Waals surface area contributed by atoms with E-state index in [4.69, 9.17) is 0 Å². The van der Waals surface area contributed by atoms with Crippen molar-refractivity contribution < 1.29 is 42.6 Å². The van der Waals surface area contributed by atoms with Crippen LogP contribution in [0.2, 0.25) is 0 Å². The Morgan fingerprint density at radius 2 is 2.00 bits per heavy atom. The van der Waals surface area contributed by atoms with E-state index >= 15 is 0 Å². The Bertz CT molecular complexity index is 680. The number of carbonyl (C=O) groups is 1. The number of anilines is 1. The number of benzene rings is 1. The van der Waals surface area contributed by atoms with Crippen molar-refractivity contribution >= 4 is 11.6 Å². The van der Waals surface area contributed by atoms with E-state index in [1.165, 1.54) is 5.57 Å². The van der Waals surface area contributed by atoms with Gasteiger partial charge in [0.15, 0.2) is 0 Å². The van der Waals surface area contributed by atoms with Gasteiger partial charge >= 0.3 is 0 Å². The Kier molecular flexibility index (Phi) is 10.1. The van der Waals surface area contributed by atoms with Gasteiger partial charge in [-0.2, -0.15) is 5.57 Å². The molecule has 0 bridgehead atoms. The maximum absolute atomic E-state index is 12.4. The largest absolute Gasteiger partial charge is 0.388 e. The van der Waals surface area contributed by atoms with Crippen LogP contribution in [0.5, 0.6) is 0 Å². The van der Waals surface area contributed by atoms with Gasteiger partial charge in [-0.3, -0.25) is 10.9 Å². The first-order chi connectivity index (χ1) is 13.2. The van der Waals surface area contributed by atoms with Crippen molar-refractivity contribution in [2.24, 2.45) is 0 Å². The summed E-state index contributed by atoms with van der Waals surface area (Å²) in [7, 11) is 0. The fraction of sp³-hybridized carbons (Fsp3) is 0.542. The van der Waals surface area contributed by atoms with Gasteiger partial charge in [0.05, 0.1) is 6.10 Å². The summed E-state index contributed by atoms with van der Waals surface area (Å²) < 4.78 is 0. The number of hydrogen-bond donors (Lipinski definition) is 1.